The summed E-state index contributed by atoms with van der Waals surface area (Å²) in [7, 11) is 1.52. The van der Waals surface area contributed by atoms with Crippen molar-refractivity contribution in [3.8, 4) is 5.75 Å². The van der Waals surface area contributed by atoms with E-state index in [1.54, 1.807) is 36.4 Å². The van der Waals surface area contributed by atoms with Gasteiger partial charge in [0.15, 0.2) is 5.78 Å². The highest BCUT2D eigenvalue weighted by Crippen LogP contribution is 2.29. The van der Waals surface area contributed by atoms with Gasteiger partial charge in [0.05, 0.1) is 17.7 Å². The zero-order valence-corrected chi connectivity index (χ0v) is 13.0. The van der Waals surface area contributed by atoms with Crippen molar-refractivity contribution in [1.29, 1.82) is 0 Å². The molecule has 0 unspecified atom stereocenters. The van der Waals surface area contributed by atoms with Gasteiger partial charge in [-0.3, -0.25) is 4.79 Å². The highest BCUT2D eigenvalue weighted by Gasteiger charge is 2.17. The maximum absolute atomic E-state index is 12.5. The van der Waals surface area contributed by atoms with Gasteiger partial charge in [0.1, 0.15) is 5.75 Å². The molecule has 2 aromatic rings. The van der Waals surface area contributed by atoms with Crippen LogP contribution in [0.3, 0.4) is 0 Å². The van der Waals surface area contributed by atoms with Crippen LogP contribution in [0.25, 0.3) is 0 Å². The zero-order valence-electron chi connectivity index (χ0n) is 9.91. The summed E-state index contributed by atoms with van der Waals surface area (Å²) in [6.07, 6.45) is 0. The molecule has 0 N–H and O–H groups in total. The highest BCUT2D eigenvalue weighted by atomic mass is 79.9. The van der Waals surface area contributed by atoms with Gasteiger partial charge in [0.2, 0.25) is 0 Å². The molecular weight excluding hydrogens is 351 g/mol. The van der Waals surface area contributed by atoms with Crippen molar-refractivity contribution in [2.75, 3.05) is 7.11 Å². The Hall–Kier alpha value is -1.03. The quantitative estimate of drug-likeness (QED) is 0.721. The Balaban J connectivity index is 2.52. The van der Waals surface area contributed by atoms with Crippen LogP contribution in [-0.4, -0.2) is 12.9 Å². The monoisotopic (exact) mass is 358 g/mol. The van der Waals surface area contributed by atoms with Crippen LogP contribution in [0, 0.1) is 0 Å². The Morgan fingerprint density at radius 3 is 2.47 bits per heavy atom. The van der Waals surface area contributed by atoms with Gasteiger partial charge < -0.3 is 4.74 Å². The van der Waals surface area contributed by atoms with Crippen LogP contribution in [0.1, 0.15) is 15.9 Å². The first-order valence-electron chi connectivity index (χ1n) is 5.36. The number of ketones is 1. The molecule has 0 amide bonds. The number of halogens is 3. The summed E-state index contributed by atoms with van der Waals surface area (Å²) in [4.78, 5) is 12.5. The minimum Gasteiger partial charge on any atom is -0.496 e. The molecule has 0 aliphatic carbocycles. The van der Waals surface area contributed by atoms with Crippen LogP contribution in [0.15, 0.2) is 40.9 Å². The largest absolute Gasteiger partial charge is 0.496 e. The van der Waals surface area contributed by atoms with Crippen LogP contribution in [0.5, 0.6) is 5.75 Å². The molecule has 0 saturated heterocycles. The van der Waals surface area contributed by atoms with Gasteiger partial charge >= 0.3 is 0 Å². The van der Waals surface area contributed by atoms with E-state index in [1.165, 1.54) is 7.11 Å². The van der Waals surface area contributed by atoms with Crippen molar-refractivity contribution in [2.45, 2.75) is 0 Å². The third-order valence-corrected chi connectivity index (χ3v) is 3.62. The number of methoxy groups -OCH3 is 1. The Bertz CT molecular complexity index is 641. The lowest BCUT2D eigenvalue weighted by molar-refractivity contribution is 0.103. The number of carbonyl (C=O) groups is 1. The summed E-state index contributed by atoms with van der Waals surface area (Å²) in [5.41, 5.74) is 0.837. The smallest absolute Gasteiger partial charge is 0.198 e. The Morgan fingerprint density at radius 2 is 1.84 bits per heavy atom. The molecule has 2 nitrogen and oxygen atoms in total. The standard InChI is InChI=1S/C14H9BrCl2O2/c1-19-13-5-2-8(15)6-11(13)14(18)10-4-3-9(16)7-12(10)17/h2-7H,1H3. The van der Waals surface area contributed by atoms with Crippen molar-refractivity contribution in [1.82, 2.24) is 0 Å². The molecule has 5 heteroatoms. The van der Waals surface area contributed by atoms with Crippen molar-refractivity contribution < 1.29 is 9.53 Å². The van der Waals surface area contributed by atoms with Crippen molar-refractivity contribution >= 4 is 44.9 Å². The maximum Gasteiger partial charge on any atom is 0.198 e. The minimum atomic E-state index is -0.209. The van der Waals surface area contributed by atoms with E-state index in [2.05, 4.69) is 15.9 Å². The number of benzene rings is 2. The van der Waals surface area contributed by atoms with Crippen LogP contribution < -0.4 is 4.74 Å². The van der Waals surface area contributed by atoms with E-state index in [4.69, 9.17) is 27.9 Å². The molecule has 0 aliphatic heterocycles. The fourth-order valence-electron chi connectivity index (χ4n) is 1.68. The lowest BCUT2D eigenvalue weighted by atomic mass is 10.0. The molecular formula is C14H9BrCl2O2. The van der Waals surface area contributed by atoms with Crippen LogP contribution in [0.2, 0.25) is 10.0 Å². The molecule has 0 atom stereocenters. The van der Waals surface area contributed by atoms with Gasteiger partial charge in [-0.05, 0) is 36.4 Å². The lowest BCUT2D eigenvalue weighted by Gasteiger charge is -2.09. The van der Waals surface area contributed by atoms with E-state index in [1.807, 2.05) is 0 Å². The summed E-state index contributed by atoms with van der Waals surface area (Å²) < 4.78 is 5.99. The SMILES string of the molecule is COc1ccc(Br)cc1C(=O)c1ccc(Cl)cc1Cl. The lowest BCUT2D eigenvalue weighted by Crippen LogP contribution is -2.04. The molecule has 19 heavy (non-hydrogen) atoms. The second kappa shape index (κ2) is 5.95. The fraction of sp³-hybridized carbons (Fsp3) is 0.0714. The van der Waals surface area contributed by atoms with E-state index in [0.29, 0.717) is 26.9 Å². The van der Waals surface area contributed by atoms with Crippen molar-refractivity contribution in [3.05, 3.63) is 62.0 Å². The average Bonchev–Trinajstić information content (AvgIpc) is 2.38. The van der Waals surface area contributed by atoms with E-state index in [0.717, 1.165) is 4.47 Å². The molecule has 98 valence electrons. The first kappa shape index (κ1) is 14.4. The van der Waals surface area contributed by atoms with Crippen LogP contribution >= 0.6 is 39.1 Å². The molecule has 0 spiro atoms. The van der Waals surface area contributed by atoms with Gasteiger partial charge in [-0.2, -0.15) is 0 Å². The molecule has 0 fully saturated rings. The van der Waals surface area contributed by atoms with E-state index in [-0.39, 0.29) is 5.78 Å². The number of hydrogen-bond acceptors (Lipinski definition) is 2. The van der Waals surface area contributed by atoms with Crippen molar-refractivity contribution in [3.63, 3.8) is 0 Å². The average molecular weight is 360 g/mol. The van der Waals surface area contributed by atoms with Gasteiger partial charge in [-0.15, -0.1) is 0 Å². The Kier molecular flexibility index (Phi) is 4.50. The fourth-order valence-corrected chi connectivity index (χ4v) is 2.53. The molecule has 2 rings (SSSR count). The van der Waals surface area contributed by atoms with Gasteiger partial charge in [0.25, 0.3) is 0 Å². The molecule has 0 heterocycles. The molecule has 0 bridgehead atoms. The number of rotatable bonds is 3. The summed E-state index contributed by atoms with van der Waals surface area (Å²) in [5.74, 6) is 0.291. The summed E-state index contributed by atoms with van der Waals surface area (Å²) in [6.45, 7) is 0. The van der Waals surface area contributed by atoms with E-state index >= 15 is 0 Å². The Morgan fingerprint density at radius 1 is 1.11 bits per heavy atom. The predicted octanol–water partition coefficient (Wildman–Crippen LogP) is 5.00. The minimum absolute atomic E-state index is 0.209. The second-order valence-electron chi connectivity index (χ2n) is 3.80. The maximum atomic E-state index is 12.5. The molecule has 0 aromatic heterocycles. The second-order valence-corrected chi connectivity index (χ2v) is 5.56. The number of hydrogen-bond donors (Lipinski definition) is 0. The summed E-state index contributed by atoms with van der Waals surface area (Å²) in [6, 6.07) is 10.0. The topological polar surface area (TPSA) is 26.3 Å². The molecule has 2 aromatic carbocycles. The number of carbonyl (C=O) groups excluding carboxylic acids is 1. The third-order valence-electron chi connectivity index (χ3n) is 2.58. The summed E-state index contributed by atoms with van der Waals surface area (Å²) in [5, 5.41) is 0.808. The van der Waals surface area contributed by atoms with Gasteiger partial charge in [-0.25, -0.2) is 0 Å². The predicted molar refractivity (Wildman–Crippen MR) is 80.6 cm³/mol. The van der Waals surface area contributed by atoms with Gasteiger partial charge in [0, 0.05) is 15.1 Å². The highest BCUT2D eigenvalue weighted by molar-refractivity contribution is 9.10. The van der Waals surface area contributed by atoms with E-state index < -0.39 is 0 Å². The normalized spacial score (nSPS) is 10.3. The molecule has 0 saturated carbocycles. The third kappa shape index (κ3) is 3.11. The van der Waals surface area contributed by atoms with E-state index in [9.17, 15) is 4.79 Å². The zero-order chi connectivity index (χ0) is 14.0. The molecule has 0 aliphatic rings. The first-order chi connectivity index (χ1) is 9.02. The van der Waals surface area contributed by atoms with Gasteiger partial charge in [-0.1, -0.05) is 39.1 Å². The van der Waals surface area contributed by atoms with Crippen molar-refractivity contribution in [2.24, 2.45) is 0 Å². The Labute approximate surface area is 129 Å². The summed E-state index contributed by atoms with van der Waals surface area (Å²) >= 11 is 15.2. The van der Waals surface area contributed by atoms with Crippen LogP contribution in [-0.2, 0) is 0 Å². The number of ether oxygens (including phenoxy) is 1. The molecule has 0 radical (unpaired) electrons. The van der Waals surface area contributed by atoms with Crippen LogP contribution in [0.4, 0.5) is 0 Å². The first-order valence-corrected chi connectivity index (χ1v) is 6.91.